The van der Waals surface area contributed by atoms with Crippen molar-refractivity contribution in [1.29, 1.82) is 0 Å². The second-order valence-electron chi connectivity index (χ2n) is 7.00. The number of hydrogen-bond donors (Lipinski definition) is 1. The fourth-order valence-electron chi connectivity index (χ4n) is 4.19. The number of hydrogen-bond acceptors (Lipinski definition) is 2. The van der Waals surface area contributed by atoms with E-state index in [4.69, 9.17) is 0 Å². The number of halogens is 1. The monoisotopic (exact) mass is 339 g/mol. The Morgan fingerprint density at radius 3 is 2.57 bits per heavy atom. The number of amides is 1. The average Bonchev–Trinajstić information content (AvgIpc) is 2.83. The second-order valence-corrected chi connectivity index (χ2v) is 7.00. The minimum Gasteiger partial charge on any atom is -0.345 e. The van der Waals surface area contributed by atoms with E-state index >= 15 is 0 Å². The van der Waals surface area contributed by atoms with Gasteiger partial charge < -0.3 is 14.8 Å². The lowest BCUT2D eigenvalue weighted by Gasteiger charge is -2.34. The van der Waals surface area contributed by atoms with Crippen LogP contribution in [0.2, 0.25) is 0 Å². The van der Waals surface area contributed by atoms with Gasteiger partial charge in [0.15, 0.2) is 0 Å². The molecule has 1 saturated carbocycles. The van der Waals surface area contributed by atoms with E-state index in [-0.39, 0.29) is 24.4 Å². The van der Waals surface area contributed by atoms with Crippen LogP contribution in [0.1, 0.15) is 66.8 Å². The Balaban J connectivity index is 0.00000192. The van der Waals surface area contributed by atoms with Crippen LogP contribution in [-0.2, 0) is 0 Å². The van der Waals surface area contributed by atoms with Gasteiger partial charge in [-0.1, -0.05) is 19.3 Å². The zero-order chi connectivity index (χ0) is 15.7. The Morgan fingerprint density at radius 1 is 1.22 bits per heavy atom. The lowest BCUT2D eigenvalue weighted by molar-refractivity contribution is 0.0654. The summed E-state index contributed by atoms with van der Waals surface area (Å²) in [4.78, 5) is 15.0. The van der Waals surface area contributed by atoms with Gasteiger partial charge in [-0.05, 0) is 39.7 Å². The molecule has 2 fully saturated rings. The number of carbonyl (C=O) groups excluding carboxylic acids is 1. The summed E-state index contributed by atoms with van der Waals surface area (Å²) in [7, 11) is 0. The van der Waals surface area contributed by atoms with Gasteiger partial charge in [-0.2, -0.15) is 0 Å². The lowest BCUT2D eigenvalue weighted by Crippen LogP contribution is -2.52. The third-order valence-corrected chi connectivity index (χ3v) is 5.42. The molecule has 4 nitrogen and oxygen atoms in total. The molecule has 1 atom stereocenters. The molecule has 1 amide bonds. The van der Waals surface area contributed by atoms with Crippen molar-refractivity contribution in [2.45, 2.75) is 65.0 Å². The Kier molecular flexibility index (Phi) is 6.15. The molecule has 1 unspecified atom stereocenters. The van der Waals surface area contributed by atoms with Crippen LogP contribution in [-0.4, -0.2) is 41.1 Å². The van der Waals surface area contributed by atoms with Crippen molar-refractivity contribution in [3.63, 3.8) is 0 Å². The van der Waals surface area contributed by atoms with E-state index < -0.39 is 0 Å². The first-order valence-electron chi connectivity index (χ1n) is 8.79. The fourth-order valence-corrected chi connectivity index (χ4v) is 4.19. The van der Waals surface area contributed by atoms with E-state index in [1.165, 1.54) is 43.5 Å². The summed E-state index contributed by atoms with van der Waals surface area (Å²) in [5.41, 5.74) is 3.33. The summed E-state index contributed by atoms with van der Waals surface area (Å²) >= 11 is 0. The molecule has 0 spiro atoms. The number of piperazine rings is 1. The summed E-state index contributed by atoms with van der Waals surface area (Å²) in [6, 6.07) is 2.98. The maximum Gasteiger partial charge on any atom is 0.256 e. The van der Waals surface area contributed by atoms with Crippen molar-refractivity contribution in [2.75, 3.05) is 19.6 Å². The van der Waals surface area contributed by atoms with E-state index in [9.17, 15) is 4.79 Å². The highest BCUT2D eigenvalue weighted by atomic mass is 35.5. The van der Waals surface area contributed by atoms with Gasteiger partial charge in [0.2, 0.25) is 0 Å². The molecule has 23 heavy (non-hydrogen) atoms. The molecule has 1 saturated heterocycles. The van der Waals surface area contributed by atoms with Crippen LogP contribution in [0.4, 0.5) is 0 Å². The Labute approximate surface area is 146 Å². The van der Waals surface area contributed by atoms with Crippen LogP contribution in [0.5, 0.6) is 0 Å². The Hall–Kier alpha value is -1.000. The van der Waals surface area contributed by atoms with E-state index in [0.717, 1.165) is 25.2 Å². The van der Waals surface area contributed by atoms with Gasteiger partial charge in [-0.15, -0.1) is 12.4 Å². The van der Waals surface area contributed by atoms with Crippen molar-refractivity contribution >= 4 is 18.3 Å². The molecule has 2 heterocycles. The maximum atomic E-state index is 13.0. The van der Waals surface area contributed by atoms with E-state index in [1.807, 2.05) is 4.90 Å². The number of nitrogens with one attached hydrogen (secondary N) is 1. The van der Waals surface area contributed by atoms with Crippen LogP contribution >= 0.6 is 12.4 Å². The molecular formula is C18H30ClN3O. The lowest BCUT2D eigenvalue weighted by atomic mass is 9.95. The largest absolute Gasteiger partial charge is 0.345 e. The highest BCUT2D eigenvalue weighted by Crippen LogP contribution is 2.32. The van der Waals surface area contributed by atoms with Crippen LogP contribution in [0.3, 0.4) is 0 Å². The molecule has 3 rings (SSSR count). The second kappa shape index (κ2) is 7.71. The normalized spacial score (nSPS) is 22.7. The van der Waals surface area contributed by atoms with Gasteiger partial charge in [0.05, 0.1) is 5.56 Å². The molecular weight excluding hydrogens is 310 g/mol. The quantitative estimate of drug-likeness (QED) is 0.895. The highest BCUT2D eigenvalue weighted by Gasteiger charge is 2.28. The highest BCUT2D eigenvalue weighted by molar-refractivity contribution is 5.96. The molecule has 1 aliphatic carbocycles. The zero-order valence-electron chi connectivity index (χ0n) is 14.6. The third-order valence-electron chi connectivity index (χ3n) is 5.42. The Morgan fingerprint density at radius 2 is 1.91 bits per heavy atom. The molecule has 2 aliphatic rings. The molecule has 1 aromatic heterocycles. The van der Waals surface area contributed by atoms with E-state index in [1.54, 1.807) is 0 Å². The molecule has 0 aromatic carbocycles. The predicted octanol–water partition coefficient (Wildman–Crippen LogP) is 3.47. The van der Waals surface area contributed by atoms with Crippen molar-refractivity contribution < 1.29 is 4.79 Å². The first kappa shape index (κ1) is 18.3. The molecule has 130 valence electrons. The topological polar surface area (TPSA) is 37.3 Å². The number of aryl methyl sites for hydroxylation is 1. The molecule has 0 radical (unpaired) electrons. The number of carbonyl (C=O) groups is 1. The number of rotatable bonds is 2. The van der Waals surface area contributed by atoms with Gasteiger partial charge in [0, 0.05) is 43.1 Å². The Bertz CT molecular complexity index is 549. The molecule has 1 aromatic rings. The molecule has 0 bridgehead atoms. The summed E-state index contributed by atoms with van der Waals surface area (Å²) in [6.07, 6.45) is 6.52. The fraction of sp³-hybridized carbons (Fsp3) is 0.722. The zero-order valence-corrected chi connectivity index (χ0v) is 15.4. The smallest absolute Gasteiger partial charge is 0.256 e. The van der Waals surface area contributed by atoms with Crippen molar-refractivity contribution in [3.05, 3.63) is 23.0 Å². The van der Waals surface area contributed by atoms with Gasteiger partial charge in [0.25, 0.3) is 5.91 Å². The van der Waals surface area contributed by atoms with Crippen LogP contribution < -0.4 is 5.32 Å². The number of nitrogens with zero attached hydrogens (tertiary/aromatic N) is 2. The molecule has 5 heteroatoms. The first-order chi connectivity index (χ1) is 10.6. The van der Waals surface area contributed by atoms with Crippen LogP contribution in [0.25, 0.3) is 0 Å². The van der Waals surface area contributed by atoms with E-state index in [0.29, 0.717) is 6.04 Å². The van der Waals surface area contributed by atoms with Gasteiger partial charge in [0.1, 0.15) is 0 Å². The summed E-state index contributed by atoms with van der Waals surface area (Å²) < 4.78 is 2.43. The summed E-state index contributed by atoms with van der Waals surface area (Å²) in [6.45, 7) is 9.02. The third kappa shape index (κ3) is 3.58. The standard InChI is InChI=1S/C18H29N3O.ClH/c1-13-11-17(18(22)20-10-9-19-12-14(20)2)15(3)21(13)16-7-5-4-6-8-16;/h11,14,16,19H,4-10,12H2,1-3H3;1H. The van der Waals surface area contributed by atoms with Gasteiger partial charge >= 0.3 is 0 Å². The van der Waals surface area contributed by atoms with Gasteiger partial charge in [-0.25, -0.2) is 0 Å². The van der Waals surface area contributed by atoms with Crippen molar-refractivity contribution in [1.82, 2.24) is 14.8 Å². The summed E-state index contributed by atoms with van der Waals surface area (Å²) in [5, 5.41) is 3.35. The molecule has 1 aliphatic heterocycles. The van der Waals surface area contributed by atoms with Crippen LogP contribution in [0, 0.1) is 13.8 Å². The average molecular weight is 340 g/mol. The van der Waals surface area contributed by atoms with E-state index in [2.05, 4.69) is 36.7 Å². The number of aromatic nitrogens is 1. The van der Waals surface area contributed by atoms with Crippen molar-refractivity contribution in [2.24, 2.45) is 0 Å². The minimum atomic E-state index is 0. The maximum absolute atomic E-state index is 13.0. The van der Waals surface area contributed by atoms with Crippen molar-refractivity contribution in [3.8, 4) is 0 Å². The van der Waals surface area contributed by atoms with Gasteiger partial charge in [-0.3, -0.25) is 4.79 Å². The molecule has 1 N–H and O–H groups in total. The SMILES string of the molecule is Cc1cc(C(=O)N2CCNCC2C)c(C)n1C1CCCCC1.Cl. The summed E-state index contributed by atoms with van der Waals surface area (Å²) in [5.74, 6) is 0.212. The predicted molar refractivity (Wildman–Crippen MR) is 96.6 cm³/mol. The minimum absolute atomic E-state index is 0. The van der Waals surface area contributed by atoms with Crippen LogP contribution in [0.15, 0.2) is 6.07 Å². The first-order valence-corrected chi connectivity index (χ1v) is 8.79.